The molecule has 10 nitrogen and oxygen atoms in total. The fraction of sp³-hybridized carbons (Fsp3) is 0.579. The summed E-state index contributed by atoms with van der Waals surface area (Å²) in [5.74, 6) is 0.852. The van der Waals surface area contributed by atoms with Gasteiger partial charge >= 0.3 is 0 Å². The lowest BCUT2D eigenvalue weighted by molar-refractivity contribution is 0.430. The topological polar surface area (TPSA) is 136 Å². The maximum atomic E-state index is 6.03. The van der Waals surface area contributed by atoms with Crippen molar-refractivity contribution in [3.63, 3.8) is 0 Å². The third-order valence-electron chi connectivity index (χ3n) is 4.40. The highest BCUT2D eigenvalue weighted by atomic mass is 15.3. The van der Waals surface area contributed by atoms with E-state index < -0.39 is 0 Å². The van der Waals surface area contributed by atoms with Gasteiger partial charge in [0, 0.05) is 37.9 Å². The second kappa shape index (κ2) is 12.4. The lowest BCUT2D eigenvalue weighted by Gasteiger charge is -2.20. The first-order valence-corrected chi connectivity index (χ1v) is 10.2. The largest absolute Gasteiger partial charge is 0.370 e. The summed E-state index contributed by atoms with van der Waals surface area (Å²) in [5.41, 5.74) is 12.1. The van der Waals surface area contributed by atoms with Crippen LogP contribution in [0.1, 0.15) is 58.3 Å². The van der Waals surface area contributed by atoms with Crippen LogP contribution in [0.25, 0.3) is 0 Å². The van der Waals surface area contributed by atoms with Crippen LogP contribution >= 0.6 is 0 Å². The Labute approximate surface area is 172 Å². The molecule has 0 aliphatic rings. The second-order valence-corrected chi connectivity index (χ2v) is 6.80. The molecule has 6 N–H and O–H groups in total. The van der Waals surface area contributed by atoms with Crippen LogP contribution in [0.2, 0.25) is 0 Å². The molecular formula is C19H34N10. The average molecular weight is 403 g/mol. The summed E-state index contributed by atoms with van der Waals surface area (Å²) < 4.78 is 3.99. The zero-order valence-electron chi connectivity index (χ0n) is 17.4. The number of nitrogens with zero attached hydrogens (tertiary/aromatic N) is 6. The molecule has 10 heteroatoms. The number of imidazole rings is 2. The molecule has 2 aromatic heterocycles. The van der Waals surface area contributed by atoms with Gasteiger partial charge in [0.15, 0.2) is 11.9 Å². The fourth-order valence-corrected chi connectivity index (χ4v) is 2.95. The molecule has 160 valence electrons. The molecule has 2 rings (SSSR count). The van der Waals surface area contributed by atoms with Gasteiger partial charge in [-0.3, -0.25) is 9.98 Å². The summed E-state index contributed by atoms with van der Waals surface area (Å²) in [4.78, 5) is 17.0. The summed E-state index contributed by atoms with van der Waals surface area (Å²) in [7, 11) is 0. The van der Waals surface area contributed by atoms with E-state index in [1.807, 2.05) is 21.5 Å². The molecule has 0 aliphatic carbocycles. The number of aromatic nitrogens is 4. The first kappa shape index (κ1) is 22.3. The van der Waals surface area contributed by atoms with E-state index in [9.17, 15) is 0 Å². The molecule has 0 saturated carbocycles. The normalized spacial score (nSPS) is 14.6. The van der Waals surface area contributed by atoms with Gasteiger partial charge in [-0.25, -0.2) is 9.97 Å². The van der Waals surface area contributed by atoms with Crippen LogP contribution < -0.4 is 22.1 Å². The molecule has 0 bridgehead atoms. The molecule has 0 aliphatic heterocycles. The fourth-order valence-electron chi connectivity index (χ4n) is 2.95. The van der Waals surface area contributed by atoms with Crippen molar-refractivity contribution in [2.24, 2.45) is 21.5 Å². The highest BCUT2D eigenvalue weighted by molar-refractivity contribution is 5.78. The van der Waals surface area contributed by atoms with E-state index >= 15 is 0 Å². The molecule has 0 amide bonds. The van der Waals surface area contributed by atoms with Crippen LogP contribution in [0, 0.1) is 0 Å². The van der Waals surface area contributed by atoms with Gasteiger partial charge in [-0.05, 0) is 19.3 Å². The Morgan fingerprint density at radius 2 is 1.31 bits per heavy atom. The van der Waals surface area contributed by atoms with Gasteiger partial charge < -0.3 is 31.2 Å². The number of nitrogens with one attached hydrogen (secondary N) is 2. The lowest BCUT2D eigenvalue weighted by Crippen LogP contribution is -2.38. The van der Waals surface area contributed by atoms with Crippen LogP contribution in [0.3, 0.4) is 0 Å². The van der Waals surface area contributed by atoms with Gasteiger partial charge in [0.05, 0.1) is 12.7 Å². The predicted molar refractivity (Wildman–Crippen MR) is 116 cm³/mol. The molecule has 2 aromatic rings. The van der Waals surface area contributed by atoms with Crippen molar-refractivity contribution >= 4 is 11.9 Å². The van der Waals surface area contributed by atoms with Crippen LogP contribution in [-0.4, -0.2) is 44.1 Å². The molecule has 0 fully saturated rings. The summed E-state index contributed by atoms with van der Waals surface area (Å²) in [6, 6.07) is 0. The molecule has 29 heavy (non-hydrogen) atoms. The Balaban J connectivity index is 1.75. The van der Waals surface area contributed by atoms with Crippen molar-refractivity contribution in [1.82, 2.24) is 29.7 Å². The van der Waals surface area contributed by atoms with E-state index in [1.165, 1.54) is 0 Å². The van der Waals surface area contributed by atoms with E-state index in [4.69, 9.17) is 11.5 Å². The van der Waals surface area contributed by atoms with Crippen LogP contribution in [-0.2, 0) is 0 Å². The third kappa shape index (κ3) is 7.84. The van der Waals surface area contributed by atoms with Gasteiger partial charge in [-0.1, -0.05) is 26.7 Å². The zero-order valence-corrected chi connectivity index (χ0v) is 17.4. The van der Waals surface area contributed by atoms with Gasteiger partial charge in [0.2, 0.25) is 0 Å². The minimum atomic E-state index is 0.0581. The van der Waals surface area contributed by atoms with Gasteiger partial charge in [-0.2, -0.15) is 0 Å². The van der Waals surface area contributed by atoms with Crippen molar-refractivity contribution in [1.29, 1.82) is 0 Å². The summed E-state index contributed by atoms with van der Waals surface area (Å²) in [6.45, 7) is 5.43. The third-order valence-corrected chi connectivity index (χ3v) is 4.40. The Bertz CT molecular complexity index is 658. The summed E-state index contributed by atoms with van der Waals surface area (Å²) in [6.07, 6.45) is 15.7. The van der Waals surface area contributed by atoms with Crippen molar-refractivity contribution in [2.45, 2.75) is 58.3 Å². The Kier molecular flexibility index (Phi) is 9.53. The maximum absolute atomic E-state index is 6.03. The first-order chi connectivity index (χ1) is 14.1. The summed E-state index contributed by atoms with van der Waals surface area (Å²) >= 11 is 0. The Morgan fingerprint density at radius 3 is 1.66 bits per heavy atom. The SMILES string of the molecule is CCCC(NC(N)=NCCCN=C(N)NC(CCC)n1ccnc1)n1ccnc1. The second-order valence-electron chi connectivity index (χ2n) is 6.80. The van der Waals surface area contributed by atoms with E-state index in [-0.39, 0.29) is 12.3 Å². The number of aliphatic imine (C=N–C) groups is 2. The average Bonchev–Trinajstić information content (AvgIpc) is 3.41. The van der Waals surface area contributed by atoms with E-state index in [0.29, 0.717) is 25.0 Å². The minimum Gasteiger partial charge on any atom is -0.370 e. The standard InChI is InChI=1S/C19H34N10/c1-3-6-16(28-12-10-22-14-28)26-18(20)24-8-5-9-25-19(21)27-17(7-4-2)29-13-11-23-15-29/h10-17H,3-9H2,1-2H3,(H3,20,24,26)(H3,21,25,27). The van der Waals surface area contributed by atoms with Crippen molar-refractivity contribution in [3.8, 4) is 0 Å². The Hall–Kier alpha value is -3.04. The van der Waals surface area contributed by atoms with E-state index in [0.717, 1.165) is 32.1 Å². The Morgan fingerprint density at radius 1 is 0.862 bits per heavy atom. The molecule has 2 unspecified atom stereocenters. The molecular weight excluding hydrogens is 368 g/mol. The zero-order chi connectivity index (χ0) is 20.9. The van der Waals surface area contributed by atoms with Crippen LogP contribution in [0.5, 0.6) is 0 Å². The highest BCUT2D eigenvalue weighted by Gasteiger charge is 2.10. The molecule has 0 spiro atoms. The van der Waals surface area contributed by atoms with E-state index in [1.54, 1.807) is 25.0 Å². The van der Waals surface area contributed by atoms with Crippen molar-refractivity contribution in [2.75, 3.05) is 13.1 Å². The summed E-state index contributed by atoms with van der Waals surface area (Å²) in [5, 5.41) is 6.49. The number of hydrogen-bond donors (Lipinski definition) is 4. The van der Waals surface area contributed by atoms with Crippen molar-refractivity contribution < 1.29 is 0 Å². The predicted octanol–water partition coefficient (Wildman–Crippen LogP) is 1.58. The number of rotatable bonds is 12. The van der Waals surface area contributed by atoms with E-state index in [2.05, 4.69) is 44.4 Å². The molecule has 2 atom stereocenters. The van der Waals surface area contributed by atoms with Gasteiger partial charge in [0.25, 0.3) is 0 Å². The van der Waals surface area contributed by atoms with Crippen molar-refractivity contribution in [3.05, 3.63) is 37.4 Å². The monoisotopic (exact) mass is 402 g/mol. The first-order valence-electron chi connectivity index (χ1n) is 10.2. The molecule has 0 radical (unpaired) electrons. The number of hydrogen-bond acceptors (Lipinski definition) is 4. The number of guanidine groups is 2. The van der Waals surface area contributed by atoms with Crippen LogP contribution in [0.15, 0.2) is 47.4 Å². The molecule has 0 saturated heterocycles. The minimum absolute atomic E-state index is 0.0581. The molecule has 2 heterocycles. The van der Waals surface area contributed by atoms with Crippen LogP contribution in [0.4, 0.5) is 0 Å². The quantitative estimate of drug-likeness (QED) is 0.242. The van der Waals surface area contributed by atoms with Gasteiger partial charge in [-0.15, -0.1) is 0 Å². The highest BCUT2D eigenvalue weighted by Crippen LogP contribution is 2.10. The lowest BCUT2D eigenvalue weighted by atomic mass is 10.2. The van der Waals surface area contributed by atoms with Gasteiger partial charge in [0.1, 0.15) is 12.3 Å². The number of nitrogens with two attached hydrogens (primary N) is 2. The smallest absolute Gasteiger partial charge is 0.190 e. The maximum Gasteiger partial charge on any atom is 0.190 e. The molecule has 0 aromatic carbocycles.